The zero-order chi connectivity index (χ0) is 16.9. The Morgan fingerprint density at radius 1 is 1.38 bits per heavy atom. The number of aliphatic imine (C=N–C) groups is 1. The van der Waals surface area contributed by atoms with E-state index in [1.54, 1.807) is 0 Å². The Hall–Kier alpha value is -0.820. The summed E-state index contributed by atoms with van der Waals surface area (Å²) >= 11 is 9.72. The van der Waals surface area contributed by atoms with Crippen LogP contribution in [-0.4, -0.2) is 56.4 Å². The van der Waals surface area contributed by atoms with Gasteiger partial charge in [0.05, 0.1) is 12.7 Å². The number of nitrogens with zero attached hydrogens (tertiary/aromatic N) is 2. The van der Waals surface area contributed by atoms with Gasteiger partial charge in [0.15, 0.2) is 5.96 Å². The van der Waals surface area contributed by atoms with Gasteiger partial charge in [-0.05, 0) is 30.5 Å². The van der Waals surface area contributed by atoms with E-state index in [-0.39, 0.29) is 12.2 Å². The normalized spacial score (nSPS) is 25.1. The first-order chi connectivity index (χ1) is 11.7. The van der Waals surface area contributed by atoms with E-state index in [0.29, 0.717) is 13.2 Å². The zero-order valence-electron chi connectivity index (χ0n) is 13.8. The van der Waals surface area contributed by atoms with E-state index in [0.717, 1.165) is 53.6 Å². The molecule has 0 aliphatic carbocycles. The van der Waals surface area contributed by atoms with E-state index >= 15 is 0 Å². The van der Waals surface area contributed by atoms with Crippen molar-refractivity contribution in [3.05, 3.63) is 33.3 Å². The Morgan fingerprint density at radius 3 is 2.92 bits per heavy atom. The molecule has 1 aromatic rings. The molecule has 1 aromatic carbocycles. The minimum atomic E-state index is 0.121. The maximum atomic E-state index is 6.29. The molecule has 0 bridgehead atoms. The lowest BCUT2D eigenvalue weighted by Gasteiger charge is -2.37. The van der Waals surface area contributed by atoms with Gasteiger partial charge in [-0.2, -0.15) is 0 Å². The molecular weight excluding hydrogens is 394 g/mol. The molecule has 2 heterocycles. The molecule has 2 aliphatic heterocycles. The molecule has 24 heavy (non-hydrogen) atoms. The van der Waals surface area contributed by atoms with E-state index in [9.17, 15) is 0 Å². The van der Waals surface area contributed by atoms with Crippen LogP contribution in [0.15, 0.2) is 27.7 Å². The van der Waals surface area contributed by atoms with Gasteiger partial charge in [0.1, 0.15) is 6.10 Å². The predicted octanol–water partition coefficient (Wildman–Crippen LogP) is 3.06. The van der Waals surface area contributed by atoms with Crippen LogP contribution in [0, 0.1) is 0 Å². The number of halogens is 2. The van der Waals surface area contributed by atoms with Crippen molar-refractivity contribution in [3.63, 3.8) is 0 Å². The fourth-order valence-electron chi connectivity index (χ4n) is 3.16. The first-order valence-corrected chi connectivity index (χ1v) is 9.47. The van der Waals surface area contributed by atoms with E-state index in [1.165, 1.54) is 0 Å². The van der Waals surface area contributed by atoms with Gasteiger partial charge in [-0.25, -0.2) is 0 Å². The summed E-state index contributed by atoms with van der Waals surface area (Å²) in [5, 5.41) is 4.15. The predicted molar refractivity (Wildman–Crippen MR) is 99.6 cm³/mol. The van der Waals surface area contributed by atoms with Gasteiger partial charge in [-0.3, -0.25) is 4.99 Å². The molecule has 5 nitrogen and oxygen atoms in total. The number of ether oxygens (including phenoxy) is 2. The topological polar surface area (TPSA) is 46.1 Å². The molecule has 0 radical (unpaired) electrons. The van der Waals surface area contributed by atoms with E-state index < -0.39 is 0 Å². The lowest BCUT2D eigenvalue weighted by Crippen LogP contribution is -2.53. The van der Waals surface area contributed by atoms with E-state index in [2.05, 4.69) is 31.1 Å². The summed E-state index contributed by atoms with van der Waals surface area (Å²) < 4.78 is 12.7. The highest BCUT2D eigenvalue weighted by Crippen LogP contribution is 2.22. The molecular formula is C17H23BrClN3O2. The molecule has 0 spiro atoms. The van der Waals surface area contributed by atoms with Crippen LogP contribution in [0.4, 0.5) is 0 Å². The fraction of sp³-hybridized carbons (Fsp3) is 0.588. The minimum Gasteiger partial charge on any atom is -0.375 e. The summed E-state index contributed by atoms with van der Waals surface area (Å²) in [7, 11) is 1.81. The summed E-state index contributed by atoms with van der Waals surface area (Å²) in [5.41, 5.74) is 1.05. The standard InChI is InChI=1S/C17H23BrClN3O2/c1-20-17(21-10-12-4-5-13(18)9-14(12)19)22-6-8-24-16(11-22)15-3-2-7-23-15/h4-5,9,15-16H,2-3,6-8,10-11H2,1H3,(H,20,21). The second-order valence-corrected chi connectivity index (χ2v) is 7.37. The molecule has 132 valence electrons. The molecule has 1 N–H and O–H groups in total. The van der Waals surface area contributed by atoms with Gasteiger partial charge < -0.3 is 19.7 Å². The molecule has 2 aliphatic rings. The average Bonchev–Trinajstić information content (AvgIpc) is 3.12. The van der Waals surface area contributed by atoms with Crippen molar-refractivity contribution in [2.24, 2.45) is 4.99 Å². The number of nitrogens with one attached hydrogen (secondary N) is 1. The molecule has 0 aromatic heterocycles. The Labute approximate surface area is 156 Å². The maximum Gasteiger partial charge on any atom is 0.194 e. The van der Waals surface area contributed by atoms with Crippen LogP contribution in [0.5, 0.6) is 0 Å². The Kier molecular flexibility index (Phi) is 6.38. The Balaban J connectivity index is 1.59. The monoisotopic (exact) mass is 415 g/mol. The first kappa shape index (κ1) is 18.0. The van der Waals surface area contributed by atoms with Gasteiger partial charge in [-0.1, -0.05) is 33.6 Å². The van der Waals surface area contributed by atoms with Crippen LogP contribution in [0.2, 0.25) is 5.02 Å². The van der Waals surface area contributed by atoms with Crippen LogP contribution < -0.4 is 5.32 Å². The third-order valence-electron chi connectivity index (χ3n) is 4.44. The summed E-state index contributed by atoms with van der Waals surface area (Å²) in [6.07, 6.45) is 2.54. The fourth-order valence-corrected chi connectivity index (χ4v) is 3.90. The van der Waals surface area contributed by atoms with Gasteiger partial charge in [0.25, 0.3) is 0 Å². The van der Waals surface area contributed by atoms with Crippen molar-refractivity contribution >= 4 is 33.5 Å². The van der Waals surface area contributed by atoms with Crippen LogP contribution >= 0.6 is 27.5 Å². The van der Waals surface area contributed by atoms with E-state index in [1.807, 2.05) is 25.2 Å². The quantitative estimate of drug-likeness (QED) is 0.608. The smallest absolute Gasteiger partial charge is 0.194 e. The van der Waals surface area contributed by atoms with Crippen molar-refractivity contribution < 1.29 is 9.47 Å². The number of rotatable bonds is 3. The maximum absolute atomic E-state index is 6.29. The molecule has 3 rings (SSSR count). The zero-order valence-corrected chi connectivity index (χ0v) is 16.1. The number of hydrogen-bond acceptors (Lipinski definition) is 3. The van der Waals surface area contributed by atoms with Crippen molar-refractivity contribution in [2.75, 3.05) is 33.4 Å². The van der Waals surface area contributed by atoms with Crippen LogP contribution in [0.25, 0.3) is 0 Å². The summed E-state index contributed by atoms with van der Waals surface area (Å²) in [4.78, 5) is 6.66. The van der Waals surface area contributed by atoms with Crippen LogP contribution in [0.1, 0.15) is 18.4 Å². The SMILES string of the molecule is CN=C(NCc1ccc(Br)cc1Cl)N1CCOC(C2CCCO2)C1. The lowest BCUT2D eigenvalue weighted by atomic mass is 10.1. The number of hydrogen-bond donors (Lipinski definition) is 1. The summed E-state index contributed by atoms with van der Waals surface area (Å²) in [6, 6.07) is 5.92. The van der Waals surface area contributed by atoms with Gasteiger partial charge in [0, 0.05) is 42.8 Å². The molecule has 7 heteroatoms. The van der Waals surface area contributed by atoms with Crippen LogP contribution in [0.3, 0.4) is 0 Å². The van der Waals surface area contributed by atoms with Crippen molar-refractivity contribution in [1.82, 2.24) is 10.2 Å². The number of benzene rings is 1. The van der Waals surface area contributed by atoms with Gasteiger partial charge >= 0.3 is 0 Å². The highest BCUT2D eigenvalue weighted by Gasteiger charge is 2.32. The highest BCUT2D eigenvalue weighted by atomic mass is 79.9. The number of guanidine groups is 1. The molecule has 2 atom stereocenters. The largest absolute Gasteiger partial charge is 0.375 e. The molecule has 2 unspecified atom stereocenters. The third-order valence-corrected chi connectivity index (χ3v) is 5.28. The molecule has 2 saturated heterocycles. The lowest BCUT2D eigenvalue weighted by molar-refractivity contribution is -0.0817. The van der Waals surface area contributed by atoms with Crippen molar-refractivity contribution in [1.29, 1.82) is 0 Å². The molecule has 2 fully saturated rings. The molecule has 0 saturated carbocycles. The second kappa shape index (κ2) is 8.52. The summed E-state index contributed by atoms with van der Waals surface area (Å²) in [5.74, 6) is 0.875. The van der Waals surface area contributed by atoms with E-state index in [4.69, 9.17) is 21.1 Å². The van der Waals surface area contributed by atoms with Gasteiger partial charge in [-0.15, -0.1) is 0 Å². The minimum absolute atomic E-state index is 0.121. The highest BCUT2D eigenvalue weighted by molar-refractivity contribution is 9.10. The third kappa shape index (κ3) is 4.42. The summed E-state index contributed by atoms with van der Waals surface area (Å²) in [6.45, 7) is 3.82. The molecule has 0 amide bonds. The second-order valence-electron chi connectivity index (χ2n) is 6.04. The van der Waals surface area contributed by atoms with Crippen molar-refractivity contribution in [3.8, 4) is 0 Å². The van der Waals surface area contributed by atoms with Crippen LogP contribution in [-0.2, 0) is 16.0 Å². The van der Waals surface area contributed by atoms with Gasteiger partial charge in [0.2, 0.25) is 0 Å². The average molecular weight is 417 g/mol. The first-order valence-electron chi connectivity index (χ1n) is 8.30. The Bertz CT molecular complexity index is 593. The Morgan fingerprint density at radius 2 is 2.21 bits per heavy atom. The van der Waals surface area contributed by atoms with Crippen molar-refractivity contribution in [2.45, 2.75) is 31.6 Å². The number of morpholine rings is 1.